The summed E-state index contributed by atoms with van der Waals surface area (Å²) in [7, 11) is -2.25. The van der Waals surface area contributed by atoms with Crippen LogP contribution in [-0.2, 0) is 9.16 Å². The Labute approximate surface area is 95.8 Å². The summed E-state index contributed by atoms with van der Waals surface area (Å²) >= 11 is 0. The maximum absolute atomic E-state index is 12.9. The molecular weight excluding hydrogens is 232 g/mol. The minimum Gasteiger partial charge on any atom is -0.502 e. The largest absolute Gasteiger partial charge is 0.502 e. The van der Waals surface area contributed by atoms with E-state index in [9.17, 15) is 8.78 Å². The van der Waals surface area contributed by atoms with Crippen molar-refractivity contribution in [2.45, 2.75) is 38.6 Å². The predicted octanol–water partition coefficient (Wildman–Crippen LogP) is 2.92. The molecule has 0 aliphatic rings. The average molecular weight is 249 g/mol. The van der Waals surface area contributed by atoms with Gasteiger partial charge >= 0.3 is 0 Å². The molecule has 6 heteroatoms. The van der Waals surface area contributed by atoms with Crippen molar-refractivity contribution < 1.29 is 17.9 Å². The fourth-order valence-electron chi connectivity index (χ4n) is 1.01. The zero-order chi connectivity index (χ0) is 12.8. The Morgan fingerprint density at radius 2 is 2.00 bits per heavy atom. The predicted molar refractivity (Wildman–Crippen MR) is 59.5 cm³/mol. The van der Waals surface area contributed by atoms with E-state index >= 15 is 0 Å². The molecule has 0 aromatic heterocycles. The lowest BCUT2D eigenvalue weighted by Crippen LogP contribution is -2.45. The maximum Gasteiger partial charge on any atom is 0.283 e. The van der Waals surface area contributed by atoms with Gasteiger partial charge in [-0.2, -0.15) is 5.26 Å². The molecule has 0 rings (SSSR count). The number of hydrogen-bond acceptors (Lipinski definition) is 3. The van der Waals surface area contributed by atoms with Crippen LogP contribution in [0, 0.1) is 11.3 Å². The van der Waals surface area contributed by atoms with Crippen LogP contribution in [0.15, 0.2) is 12.3 Å². The molecule has 1 atom stereocenters. The molecule has 0 aliphatic heterocycles. The number of nitrogens with zero attached hydrogens (tertiary/aromatic N) is 1. The summed E-state index contributed by atoms with van der Waals surface area (Å²) in [5, 5.41) is 8.87. The van der Waals surface area contributed by atoms with Crippen LogP contribution < -0.4 is 0 Å². The van der Waals surface area contributed by atoms with Gasteiger partial charge in [0.15, 0.2) is 8.32 Å². The van der Waals surface area contributed by atoms with E-state index in [4.69, 9.17) is 14.4 Å². The van der Waals surface area contributed by atoms with Gasteiger partial charge in [0, 0.05) is 6.08 Å². The molecule has 0 saturated heterocycles. The number of ether oxygens (including phenoxy) is 1. The lowest BCUT2D eigenvalue weighted by molar-refractivity contribution is -0.0129. The molecule has 92 valence electrons. The van der Waals surface area contributed by atoms with Gasteiger partial charge in [0.25, 0.3) is 6.43 Å². The molecule has 0 bridgehead atoms. The number of hydrogen-bond donors (Lipinski definition) is 0. The van der Waals surface area contributed by atoms with Gasteiger partial charge in [-0.1, -0.05) is 0 Å². The topological polar surface area (TPSA) is 42.2 Å². The van der Waals surface area contributed by atoms with Gasteiger partial charge in [0.1, 0.15) is 6.07 Å². The summed E-state index contributed by atoms with van der Waals surface area (Å²) in [6.45, 7) is 7.32. The Hall–Kier alpha value is -0.933. The van der Waals surface area contributed by atoms with Crippen LogP contribution in [0.25, 0.3) is 0 Å². The minimum atomic E-state index is -2.90. The monoisotopic (exact) mass is 249 g/mol. The quantitative estimate of drug-likeness (QED) is 0.537. The highest BCUT2D eigenvalue weighted by Crippen LogP contribution is 2.26. The summed E-state index contributed by atoms with van der Waals surface area (Å²) in [6, 6.07) is 1.53. The van der Waals surface area contributed by atoms with Crippen molar-refractivity contribution in [3.8, 4) is 6.07 Å². The maximum atomic E-state index is 12.9. The normalized spacial score (nSPS) is 16.1. The Balaban J connectivity index is 4.96. The summed E-state index contributed by atoms with van der Waals surface area (Å²) in [4.78, 5) is 0. The number of alkyl halides is 2. The minimum absolute atomic E-state index is 0.355. The molecule has 0 saturated carbocycles. The smallest absolute Gasteiger partial charge is 0.283 e. The second kappa shape index (κ2) is 5.96. The van der Waals surface area contributed by atoms with Crippen LogP contribution in [-0.4, -0.2) is 27.0 Å². The second-order valence-electron chi connectivity index (χ2n) is 4.18. The fraction of sp³-hybridized carbons (Fsp3) is 0.700. The molecule has 0 spiro atoms. The average Bonchev–Trinajstić information content (AvgIpc) is 2.14. The first-order valence-electron chi connectivity index (χ1n) is 4.96. The first-order valence-corrected chi connectivity index (χ1v) is 8.37. The molecule has 0 aliphatic carbocycles. The van der Waals surface area contributed by atoms with E-state index < -0.39 is 20.3 Å². The number of rotatable bonds is 6. The van der Waals surface area contributed by atoms with Gasteiger partial charge in [0.05, 0.1) is 12.9 Å². The molecule has 0 radical (unpaired) electrons. The summed E-state index contributed by atoms with van der Waals surface area (Å²) in [6.07, 6.45) is -0.824. The Bertz CT molecular complexity index is 284. The van der Waals surface area contributed by atoms with Crippen molar-refractivity contribution in [1.82, 2.24) is 0 Å². The molecule has 0 aromatic rings. The van der Waals surface area contributed by atoms with Crippen molar-refractivity contribution in [2.24, 2.45) is 0 Å². The van der Waals surface area contributed by atoms with Crippen molar-refractivity contribution in [3.63, 3.8) is 0 Å². The van der Waals surface area contributed by atoms with Crippen molar-refractivity contribution >= 4 is 8.32 Å². The third-order valence-electron chi connectivity index (χ3n) is 1.55. The van der Waals surface area contributed by atoms with Crippen molar-refractivity contribution in [3.05, 3.63) is 12.3 Å². The van der Waals surface area contributed by atoms with E-state index in [1.165, 1.54) is 6.07 Å². The van der Waals surface area contributed by atoms with E-state index in [0.717, 1.165) is 12.3 Å². The Morgan fingerprint density at radius 1 is 1.44 bits per heavy atom. The van der Waals surface area contributed by atoms with Crippen molar-refractivity contribution in [2.75, 3.05) is 6.61 Å². The van der Waals surface area contributed by atoms with Crippen LogP contribution in [0.4, 0.5) is 8.78 Å². The SMILES string of the molecule is CCO/C=C/C(C#N)(O[Si](C)(C)C)C(F)F. The van der Waals surface area contributed by atoms with Crippen LogP contribution in [0.3, 0.4) is 0 Å². The van der Waals surface area contributed by atoms with Crippen LogP contribution in [0.1, 0.15) is 6.92 Å². The van der Waals surface area contributed by atoms with Crippen LogP contribution in [0.5, 0.6) is 0 Å². The summed E-state index contributed by atoms with van der Waals surface area (Å²) in [5.41, 5.74) is -2.19. The molecule has 0 amide bonds. The number of nitriles is 1. The van der Waals surface area contributed by atoms with Gasteiger partial charge in [-0.15, -0.1) is 0 Å². The number of halogens is 2. The van der Waals surface area contributed by atoms with Gasteiger partial charge in [-0.05, 0) is 26.6 Å². The molecule has 0 heterocycles. The van der Waals surface area contributed by atoms with E-state index in [0.29, 0.717) is 6.61 Å². The van der Waals surface area contributed by atoms with Crippen LogP contribution in [0.2, 0.25) is 19.6 Å². The summed E-state index contributed by atoms with van der Waals surface area (Å²) < 4.78 is 35.8. The Morgan fingerprint density at radius 3 is 2.31 bits per heavy atom. The lowest BCUT2D eigenvalue weighted by Gasteiger charge is -2.30. The van der Waals surface area contributed by atoms with Gasteiger partial charge < -0.3 is 9.16 Å². The van der Waals surface area contributed by atoms with E-state index in [-0.39, 0.29) is 0 Å². The molecule has 16 heavy (non-hydrogen) atoms. The molecule has 0 fully saturated rings. The van der Waals surface area contributed by atoms with E-state index in [1.807, 2.05) is 0 Å². The lowest BCUT2D eigenvalue weighted by atomic mass is 10.1. The highest BCUT2D eigenvalue weighted by Gasteiger charge is 2.43. The zero-order valence-electron chi connectivity index (χ0n) is 9.96. The molecule has 3 nitrogen and oxygen atoms in total. The fourth-order valence-corrected chi connectivity index (χ4v) is 2.23. The van der Waals surface area contributed by atoms with E-state index in [1.54, 1.807) is 26.6 Å². The van der Waals surface area contributed by atoms with E-state index in [2.05, 4.69) is 0 Å². The van der Waals surface area contributed by atoms with Crippen molar-refractivity contribution in [1.29, 1.82) is 5.26 Å². The third kappa shape index (κ3) is 4.73. The zero-order valence-corrected chi connectivity index (χ0v) is 11.0. The third-order valence-corrected chi connectivity index (χ3v) is 2.50. The Kier molecular flexibility index (Phi) is 5.62. The molecule has 0 N–H and O–H groups in total. The molecule has 0 aromatic carbocycles. The van der Waals surface area contributed by atoms with Gasteiger partial charge in [0.2, 0.25) is 5.60 Å². The van der Waals surface area contributed by atoms with Gasteiger partial charge in [-0.25, -0.2) is 8.78 Å². The van der Waals surface area contributed by atoms with Gasteiger partial charge in [-0.3, -0.25) is 0 Å². The summed E-state index contributed by atoms with van der Waals surface area (Å²) in [5.74, 6) is 0. The highest BCUT2D eigenvalue weighted by atomic mass is 28.4. The highest BCUT2D eigenvalue weighted by molar-refractivity contribution is 6.69. The molecule has 1 unspecified atom stereocenters. The standard InChI is InChI=1S/C10H17F2NO2Si/c1-5-14-7-6-10(8-13,9(11)12)15-16(2,3)4/h6-7,9H,5H2,1-4H3/b7-6+. The second-order valence-corrected chi connectivity index (χ2v) is 8.61. The van der Waals surface area contributed by atoms with Crippen LogP contribution >= 0.6 is 0 Å². The molecular formula is C10H17F2NO2Si. The first-order chi connectivity index (χ1) is 7.27. The first kappa shape index (κ1) is 15.1.